The van der Waals surface area contributed by atoms with E-state index in [0.29, 0.717) is 5.75 Å². The Morgan fingerprint density at radius 1 is 1.67 bits per heavy atom. The van der Waals surface area contributed by atoms with Gasteiger partial charge in [0.15, 0.2) is 0 Å². The van der Waals surface area contributed by atoms with Gasteiger partial charge in [0.2, 0.25) is 5.91 Å². The molecule has 0 saturated heterocycles. The maximum atomic E-state index is 10.8. The minimum atomic E-state index is -1.01. The molecule has 0 fully saturated rings. The van der Waals surface area contributed by atoms with Crippen molar-refractivity contribution in [3.63, 3.8) is 0 Å². The third-order valence-electron chi connectivity index (χ3n) is 1.59. The molecule has 0 aliphatic carbocycles. The van der Waals surface area contributed by atoms with Crippen molar-refractivity contribution in [3.05, 3.63) is 16.8 Å². The number of carbonyl (C=O) groups is 2. The zero-order valence-electron chi connectivity index (χ0n) is 8.10. The van der Waals surface area contributed by atoms with E-state index in [0.717, 1.165) is 4.90 Å². The summed E-state index contributed by atoms with van der Waals surface area (Å²) in [6.07, 6.45) is 0. The van der Waals surface area contributed by atoms with Crippen LogP contribution in [0.5, 0.6) is 0 Å². The summed E-state index contributed by atoms with van der Waals surface area (Å²) in [6.45, 7) is 1.31. The average molecular weight is 245 g/mol. The molecule has 0 spiro atoms. The molecular formula is C9H11NO3S2. The number of carboxylic acid groups (broad SMARTS) is 1. The van der Waals surface area contributed by atoms with Crippen LogP contribution in [0.4, 0.5) is 0 Å². The maximum Gasteiger partial charge on any atom is 0.327 e. The third kappa shape index (κ3) is 4.35. The van der Waals surface area contributed by atoms with Crippen LogP contribution in [0, 0.1) is 0 Å². The van der Waals surface area contributed by atoms with Crippen molar-refractivity contribution in [2.75, 3.05) is 5.75 Å². The van der Waals surface area contributed by atoms with Gasteiger partial charge in [-0.3, -0.25) is 4.79 Å². The lowest BCUT2D eigenvalue weighted by Gasteiger charge is -2.11. The van der Waals surface area contributed by atoms with E-state index in [1.807, 2.05) is 16.8 Å². The largest absolute Gasteiger partial charge is 0.480 e. The molecule has 1 aromatic heterocycles. The molecule has 1 atom stereocenters. The molecule has 0 saturated carbocycles. The summed E-state index contributed by atoms with van der Waals surface area (Å²) >= 11 is 2.98. The maximum absolute atomic E-state index is 10.8. The van der Waals surface area contributed by atoms with Gasteiger partial charge in [-0.05, 0) is 11.4 Å². The second kappa shape index (κ2) is 5.77. The van der Waals surface area contributed by atoms with Crippen molar-refractivity contribution in [1.29, 1.82) is 0 Å². The molecule has 2 N–H and O–H groups in total. The first-order valence-electron chi connectivity index (χ1n) is 4.24. The molecular weight excluding hydrogens is 234 g/mol. The number of hydrogen-bond donors (Lipinski definition) is 2. The summed E-state index contributed by atoms with van der Waals surface area (Å²) in [7, 11) is 0. The lowest BCUT2D eigenvalue weighted by atomic mass is 10.3. The average Bonchev–Trinajstić information content (AvgIpc) is 2.63. The number of rotatable bonds is 5. The fourth-order valence-electron chi connectivity index (χ4n) is 0.934. The predicted molar refractivity (Wildman–Crippen MR) is 60.3 cm³/mol. The van der Waals surface area contributed by atoms with Crippen molar-refractivity contribution < 1.29 is 14.7 Å². The molecule has 15 heavy (non-hydrogen) atoms. The SMILES string of the molecule is CC(=O)N[C@@H](CSc1ccsc1)C(=O)O. The molecule has 0 unspecified atom stereocenters. The second-order valence-corrected chi connectivity index (χ2v) is 4.73. The van der Waals surface area contributed by atoms with E-state index >= 15 is 0 Å². The molecule has 0 radical (unpaired) electrons. The van der Waals surface area contributed by atoms with Crippen LogP contribution < -0.4 is 5.32 Å². The summed E-state index contributed by atoms with van der Waals surface area (Å²) in [6, 6.07) is 1.09. The van der Waals surface area contributed by atoms with Crippen molar-refractivity contribution >= 4 is 35.0 Å². The number of hydrogen-bond acceptors (Lipinski definition) is 4. The van der Waals surface area contributed by atoms with Crippen LogP contribution in [-0.2, 0) is 9.59 Å². The van der Waals surface area contributed by atoms with E-state index in [9.17, 15) is 9.59 Å². The van der Waals surface area contributed by atoms with E-state index in [-0.39, 0.29) is 5.91 Å². The van der Waals surface area contributed by atoms with E-state index in [1.54, 1.807) is 11.3 Å². The standard InChI is InChI=1S/C9H11NO3S2/c1-6(11)10-8(9(12)13)5-15-7-2-3-14-4-7/h2-4,8H,5H2,1H3,(H,10,11)(H,12,13)/t8-/m0/s1. The summed E-state index contributed by atoms with van der Waals surface area (Å²) < 4.78 is 0. The van der Waals surface area contributed by atoms with Crippen LogP contribution in [0.25, 0.3) is 0 Å². The number of amides is 1. The Hall–Kier alpha value is -1.01. The lowest BCUT2D eigenvalue weighted by Crippen LogP contribution is -2.41. The van der Waals surface area contributed by atoms with Gasteiger partial charge in [0.25, 0.3) is 0 Å². The van der Waals surface area contributed by atoms with Crippen LogP contribution in [0.1, 0.15) is 6.92 Å². The smallest absolute Gasteiger partial charge is 0.327 e. The highest BCUT2D eigenvalue weighted by Gasteiger charge is 2.18. The first kappa shape index (κ1) is 12.1. The lowest BCUT2D eigenvalue weighted by molar-refractivity contribution is -0.140. The van der Waals surface area contributed by atoms with Crippen LogP contribution in [0.2, 0.25) is 0 Å². The Labute approximate surface area is 95.7 Å². The minimum absolute atomic E-state index is 0.326. The van der Waals surface area contributed by atoms with Gasteiger partial charge in [-0.15, -0.1) is 11.8 Å². The fraction of sp³-hybridized carbons (Fsp3) is 0.333. The Morgan fingerprint density at radius 2 is 2.40 bits per heavy atom. The molecule has 1 rings (SSSR count). The molecule has 6 heteroatoms. The van der Waals surface area contributed by atoms with E-state index in [1.165, 1.54) is 18.7 Å². The Kier molecular flexibility index (Phi) is 4.64. The highest BCUT2D eigenvalue weighted by atomic mass is 32.2. The summed E-state index contributed by atoms with van der Waals surface area (Å²) in [5.41, 5.74) is 0. The second-order valence-electron chi connectivity index (χ2n) is 2.86. The topological polar surface area (TPSA) is 66.4 Å². The number of thioether (sulfide) groups is 1. The first-order valence-corrected chi connectivity index (χ1v) is 6.17. The van der Waals surface area contributed by atoms with E-state index in [2.05, 4.69) is 5.32 Å². The Balaban J connectivity index is 2.45. The molecule has 0 aliphatic rings. The van der Waals surface area contributed by atoms with Crippen LogP contribution in [0.3, 0.4) is 0 Å². The normalized spacial score (nSPS) is 12.1. The highest BCUT2D eigenvalue weighted by molar-refractivity contribution is 7.99. The fourth-order valence-corrected chi connectivity index (χ4v) is 2.72. The molecule has 82 valence electrons. The zero-order chi connectivity index (χ0) is 11.3. The molecule has 1 heterocycles. The zero-order valence-corrected chi connectivity index (χ0v) is 9.73. The number of aliphatic carboxylic acids is 1. The van der Waals surface area contributed by atoms with Crippen LogP contribution >= 0.6 is 23.1 Å². The number of thiophene rings is 1. The van der Waals surface area contributed by atoms with Gasteiger partial charge < -0.3 is 10.4 Å². The predicted octanol–water partition coefficient (Wildman–Crippen LogP) is 1.43. The van der Waals surface area contributed by atoms with E-state index < -0.39 is 12.0 Å². The van der Waals surface area contributed by atoms with Crippen molar-refractivity contribution in [2.24, 2.45) is 0 Å². The van der Waals surface area contributed by atoms with Gasteiger partial charge in [0.05, 0.1) is 0 Å². The molecule has 4 nitrogen and oxygen atoms in total. The minimum Gasteiger partial charge on any atom is -0.480 e. The van der Waals surface area contributed by atoms with Gasteiger partial charge in [0.1, 0.15) is 6.04 Å². The Morgan fingerprint density at radius 3 is 2.87 bits per heavy atom. The van der Waals surface area contributed by atoms with Gasteiger partial charge >= 0.3 is 5.97 Å². The monoisotopic (exact) mass is 245 g/mol. The van der Waals surface area contributed by atoms with Crippen LogP contribution in [0.15, 0.2) is 21.7 Å². The number of carboxylic acids is 1. The third-order valence-corrected chi connectivity index (χ3v) is 3.51. The van der Waals surface area contributed by atoms with Gasteiger partial charge in [-0.1, -0.05) is 0 Å². The van der Waals surface area contributed by atoms with Crippen molar-refractivity contribution in [1.82, 2.24) is 5.32 Å². The molecule has 0 aliphatic heterocycles. The summed E-state index contributed by atoms with van der Waals surface area (Å²) in [5.74, 6) is -0.993. The number of carbonyl (C=O) groups excluding carboxylic acids is 1. The highest BCUT2D eigenvalue weighted by Crippen LogP contribution is 2.21. The molecule has 0 bridgehead atoms. The first-order chi connectivity index (χ1) is 7.09. The summed E-state index contributed by atoms with van der Waals surface area (Å²) in [4.78, 5) is 22.5. The van der Waals surface area contributed by atoms with Crippen molar-refractivity contribution in [3.8, 4) is 0 Å². The molecule has 0 aromatic carbocycles. The van der Waals surface area contributed by atoms with Gasteiger partial charge in [0, 0.05) is 23.0 Å². The van der Waals surface area contributed by atoms with Gasteiger partial charge in [-0.2, -0.15) is 11.3 Å². The molecule has 1 aromatic rings. The van der Waals surface area contributed by atoms with Gasteiger partial charge in [-0.25, -0.2) is 4.79 Å². The van der Waals surface area contributed by atoms with E-state index in [4.69, 9.17) is 5.11 Å². The Bertz CT molecular complexity index is 337. The molecule has 1 amide bonds. The summed E-state index contributed by atoms with van der Waals surface area (Å²) in [5, 5.41) is 15.1. The number of nitrogens with one attached hydrogen (secondary N) is 1. The quantitative estimate of drug-likeness (QED) is 0.770. The van der Waals surface area contributed by atoms with Crippen molar-refractivity contribution in [2.45, 2.75) is 17.9 Å². The van der Waals surface area contributed by atoms with Crippen LogP contribution in [-0.4, -0.2) is 28.8 Å².